The van der Waals surface area contributed by atoms with Crippen molar-refractivity contribution in [2.24, 2.45) is 17.8 Å². The van der Waals surface area contributed by atoms with E-state index in [0.717, 1.165) is 5.56 Å². The molecule has 2 amide bonds. The fourth-order valence-electron chi connectivity index (χ4n) is 4.64. The zero-order valence-corrected chi connectivity index (χ0v) is 20.6. The summed E-state index contributed by atoms with van der Waals surface area (Å²) in [4.78, 5) is 32.7. The molecule has 0 spiro atoms. The van der Waals surface area contributed by atoms with Crippen molar-refractivity contribution in [3.05, 3.63) is 29.6 Å². The van der Waals surface area contributed by atoms with Crippen molar-refractivity contribution in [2.75, 3.05) is 32.7 Å². The maximum atomic E-state index is 14.4. The van der Waals surface area contributed by atoms with Gasteiger partial charge in [-0.1, -0.05) is 39.5 Å². The maximum absolute atomic E-state index is 14.4. The highest BCUT2D eigenvalue weighted by Gasteiger charge is 2.46. The van der Waals surface area contributed by atoms with Gasteiger partial charge in [0, 0.05) is 44.2 Å². The first kappa shape index (κ1) is 26.1. The second kappa shape index (κ2) is 11.3. The van der Waals surface area contributed by atoms with Gasteiger partial charge in [0.15, 0.2) is 0 Å². The summed E-state index contributed by atoms with van der Waals surface area (Å²) in [7, 11) is 0. The minimum Gasteiger partial charge on any atom is -0.348 e. The zero-order valence-electron chi connectivity index (χ0n) is 20.6. The lowest BCUT2D eigenvalue weighted by Crippen LogP contribution is -2.54. The van der Waals surface area contributed by atoms with Crippen LogP contribution in [0.25, 0.3) is 0 Å². The van der Waals surface area contributed by atoms with Gasteiger partial charge in [-0.25, -0.2) is 13.8 Å². The van der Waals surface area contributed by atoms with E-state index in [0.29, 0.717) is 44.6 Å². The number of alkyl halides is 2. The number of likely N-dealkylation sites (tertiary alicyclic amines) is 2. The Morgan fingerprint density at radius 2 is 1.88 bits per heavy atom. The van der Waals surface area contributed by atoms with Crippen molar-refractivity contribution in [1.82, 2.24) is 20.1 Å². The van der Waals surface area contributed by atoms with Crippen LogP contribution in [0.15, 0.2) is 18.3 Å². The van der Waals surface area contributed by atoms with Gasteiger partial charge in [0.05, 0.1) is 13.1 Å². The van der Waals surface area contributed by atoms with Crippen LogP contribution >= 0.6 is 0 Å². The van der Waals surface area contributed by atoms with Gasteiger partial charge in [-0.15, -0.1) is 0 Å². The van der Waals surface area contributed by atoms with Crippen molar-refractivity contribution in [3.8, 4) is 11.8 Å². The number of carbonyl (C=O) groups is 2. The molecule has 0 aliphatic carbocycles. The van der Waals surface area contributed by atoms with Crippen LogP contribution in [0.2, 0.25) is 0 Å². The van der Waals surface area contributed by atoms with Crippen molar-refractivity contribution in [3.63, 3.8) is 0 Å². The van der Waals surface area contributed by atoms with E-state index in [-0.39, 0.29) is 44.2 Å². The standard InChI is InChI=1S/C26H36F2N4O2.H2/c1-18(2)5-6-20-7-8-23(29-15-20)25(34)30-21-9-13-32(14-10-21)24(33)16-31-12-11-22(19(3)4)26(27,28)17-31;/h7-8,15,18-19,21-22H,9-14,16-17H2,1-4H3,(H,30,34);1H. The lowest BCUT2D eigenvalue weighted by Gasteiger charge is -2.41. The molecular weight excluding hydrogens is 438 g/mol. The Bertz CT molecular complexity index is 920. The molecule has 0 radical (unpaired) electrons. The van der Waals surface area contributed by atoms with Gasteiger partial charge in [-0.05, 0) is 43.9 Å². The van der Waals surface area contributed by atoms with Crippen LogP contribution < -0.4 is 5.32 Å². The van der Waals surface area contributed by atoms with Gasteiger partial charge >= 0.3 is 0 Å². The van der Waals surface area contributed by atoms with Gasteiger partial charge in [-0.3, -0.25) is 14.5 Å². The largest absolute Gasteiger partial charge is 0.348 e. The Kier molecular flexibility index (Phi) is 8.64. The molecule has 2 saturated heterocycles. The monoisotopic (exact) mass is 476 g/mol. The zero-order chi connectivity index (χ0) is 24.9. The molecule has 188 valence electrons. The van der Waals surface area contributed by atoms with Crippen LogP contribution in [0.1, 0.15) is 64.4 Å². The van der Waals surface area contributed by atoms with E-state index >= 15 is 0 Å². The molecule has 1 atom stereocenters. The summed E-state index contributed by atoms with van der Waals surface area (Å²) in [5.41, 5.74) is 1.10. The minimum atomic E-state index is -2.77. The molecule has 3 rings (SSSR count). The molecule has 3 heterocycles. The molecule has 1 unspecified atom stereocenters. The van der Waals surface area contributed by atoms with E-state index in [1.54, 1.807) is 28.1 Å². The predicted molar refractivity (Wildman–Crippen MR) is 129 cm³/mol. The molecule has 2 fully saturated rings. The summed E-state index contributed by atoms with van der Waals surface area (Å²) < 4.78 is 28.9. The van der Waals surface area contributed by atoms with Crippen molar-refractivity contribution >= 4 is 11.8 Å². The highest BCUT2D eigenvalue weighted by Crippen LogP contribution is 2.37. The van der Waals surface area contributed by atoms with Crippen LogP contribution in [0, 0.1) is 29.6 Å². The summed E-state index contributed by atoms with van der Waals surface area (Å²) in [6, 6.07) is 3.40. The number of hydrogen-bond acceptors (Lipinski definition) is 4. The Hall–Kier alpha value is -2.53. The molecule has 2 aliphatic heterocycles. The Labute approximate surface area is 203 Å². The van der Waals surface area contributed by atoms with Crippen molar-refractivity contribution < 1.29 is 19.8 Å². The van der Waals surface area contributed by atoms with Crippen LogP contribution in [-0.4, -0.2) is 71.3 Å². The van der Waals surface area contributed by atoms with Crippen LogP contribution in [-0.2, 0) is 4.79 Å². The predicted octanol–water partition coefficient (Wildman–Crippen LogP) is 3.67. The first-order chi connectivity index (χ1) is 16.0. The van der Waals surface area contributed by atoms with E-state index in [1.807, 2.05) is 27.7 Å². The number of halogens is 2. The molecule has 0 saturated carbocycles. The lowest BCUT2D eigenvalue weighted by molar-refractivity contribution is -0.143. The molecule has 1 aromatic heterocycles. The van der Waals surface area contributed by atoms with Gasteiger partial charge in [0.1, 0.15) is 5.69 Å². The highest BCUT2D eigenvalue weighted by molar-refractivity contribution is 5.92. The van der Waals surface area contributed by atoms with Crippen LogP contribution in [0.5, 0.6) is 0 Å². The van der Waals surface area contributed by atoms with E-state index in [4.69, 9.17) is 0 Å². The molecule has 6 nitrogen and oxygen atoms in total. The van der Waals surface area contributed by atoms with E-state index in [2.05, 4.69) is 22.1 Å². The number of amides is 2. The number of pyridine rings is 1. The normalized spacial score (nSPS) is 21.3. The van der Waals surface area contributed by atoms with E-state index in [9.17, 15) is 18.4 Å². The first-order valence-electron chi connectivity index (χ1n) is 12.2. The molecular formula is C26H38F2N4O2. The number of carbonyl (C=O) groups excluding carboxylic acids is 2. The number of rotatable bonds is 5. The van der Waals surface area contributed by atoms with Gasteiger partial charge in [-0.2, -0.15) is 0 Å². The third-order valence-corrected chi connectivity index (χ3v) is 6.58. The quantitative estimate of drug-likeness (QED) is 0.659. The number of piperidine rings is 2. The summed E-state index contributed by atoms with van der Waals surface area (Å²) >= 11 is 0. The lowest BCUT2D eigenvalue weighted by atomic mass is 9.83. The van der Waals surface area contributed by atoms with Crippen molar-refractivity contribution in [1.29, 1.82) is 0 Å². The number of hydrogen-bond donors (Lipinski definition) is 1. The molecule has 0 bridgehead atoms. The number of nitrogens with zero attached hydrogens (tertiary/aromatic N) is 3. The second-order valence-corrected chi connectivity index (χ2v) is 10.1. The first-order valence-corrected chi connectivity index (χ1v) is 12.2. The summed E-state index contributed by atoms with van der Waals surface area (Å²) in [6.07, 6.45) is 3.26. The molecule has 0 aromatic carbocycles. The van der Waals surface area contributed by atoms with E-state index in [1.165, 1.54) is 0 Å². The summed E-state index contributed by atoms with van der Waals surface area (Å²) in [6.45, 7) is 8.86. The Morgan fingerprint density at radius 1 is 1.18 bits per heavy atom. The van der Waals surface area contributed by atoms with Gasteiger partial charge in [0.2, 0.25) is 5.91 Å². The minimum absolute atomic E-state index is 0. The number of nitrogens with one attached hydrogen (secondary N) is 1. The summed E-state index contributed by atoms with van der Waals surface area (Å²) in [5, 5.41) is 2.99. The van der Waals surface area contributed by atoms with Crippen LogP contribution in [0.3, 0.4) is 0 Å². The van der Waals surface area contributed by atoms with Crippen LogP contribution in [0.4, 0.5) is 8.78 Å². The smallest absolute Gasteiger partial charge is 0.270 e. The molecule has 8 heteroatoms. The SMILES string of the molecule is CC(C)C#Cc1ccc(C(=O)NC2CCN(C(=O)CN3CCC(C(C)C)C(F)(F)C3)CC2)nc1.[HH]. The topological polar surface area (TPSA) is 65.5 Å². The average Bonchev–Trinajstić information content (AvgIpc) is 2.77. The molecule has 1 N–H and O–H groups in total. The maximum Gasteiger partial charge on any atom is 0.270 e. The van der Waals surface area contributed by atoms with Gasteiger partial charge < -0.3 is 10.2 Å². The highest BCUT2D eigenvalue weighted by atomic mass is 19.3. The summed E-state index contributed by atoms with van der Waals surface area (Å²) in [5.74, 6) is 2.51. The Balaban J connectivity index is 0.00000432. The van der Waals surface area contributed by atoms with E-state index < -0.39 is 11.8 Å². The molecule has 1 aromatic rings. The second-order valence-electron chi connectivity index (χ2n) is 10.1. The van der Waals surface area contributed by atoms with Crippen molar-refractivity contribution in [2.45, 2.75) is 58.9 Å². The average molecular weight is 477 g/mol. The Morgan fingerprint density at radius 3 is 2.44 bits per heavy atom. The van der Waals surface area contributed by atoms with Gasteiger partial charge in [0.25, 0.3) is 11.8 Å². The number of aromatic nitrogens is 1. The fraction of sp³-hybridized carbons (Fsp3) is 0.654. The fourth-order valence-corrected chi connectivity index (χ4v) is 4.64. The third kappa shape index (κ3) is 6.99. The molecule has 2 aliphatic rings. The molecule has 34 heavy (non-hydrogen) atoms. The third-order valence-electron chi connectivity index (χ3n) is 6.58.